The number of fused-ring (bicyclic) bond motifs is 1. The Balaban J connectivity index is 1.15. The Hall–Kier alpha value is -3.86. The van der Waals surface area contributed by atoms with Gasteiger partial charge in [-0.25, -0.2) is 9.97 Å². The van der Waals surface area contributed by atoms with Crippen molar-refractivity contribution in [2.24, 2.45) is 0 Å². The van der Waals surface area contributed by atoms with Crippen molar-refractivity contribution >= 4 is 34.9 Å². The number of imidazole rings is 1. The van der Waals surface area contributed by atoms with Gasteiger partial charge in [0, 0.05) is 69.3 Å². The number of amides is 1. The number of aromatic nitrogens is 4. The first-order valence-corrected chi connectivity index (χ1v) is 14.6. The molecule has 12 heteroatoms. The lowest BCUT2D eigenvalue weighted by molar-refractivity contribution is -0.122. The van der Waals surface area contributed by atoms with Gasteiger partial charge in [0.2, 0.25) is 18.6 Å². The lowest BCUT2D eigenvalue weighted by atomic mass is 10.1. The van der Waals surface area contributed by atoms with Gasteiger partial charge in [0.1, 0.15) is 12.1 Å². The molecule has 1 N–H and O–H groups in total. The monoisotopic (exact) mass is 607 g/mol. The lowest BCUT2D eigenvalue weighted by Gasteiger charge is -2.42. The van der Waals surface area contributed by atoms with Gasteiger partial charge in [0.25, 0.3) is 0 Å². The van der Waals surface area contributed by atoms with Gasteiger partial charge in [-0.1, -0.05) is 35.3 Å². The summed E-state index contributed by atoms with van der Waals surface area (Å²) in [6.45, 7) is 5.52. The second-order valence-electron chi connectivity index (χ2n) is 10.4. The predicted octanol–water partition coefficient (Wildman–Crippen LogP) is 4.45. The third kappa shape index (κ3) is 6.61. The number of carbonyl (C=O) groups excluding carboxylic acids is 1. The van der Waals surface area contributed by atoms with Gasteiger partial charge >= 0.3 is 0 Å². The first-order chi connectivity index (χ1) is 20.4. The van der Waals surface area contributed by atoms with E-state index in [4.69, 9.17) is 37.7 Å². The van der Waals surface area contributed by atoms with E-state index in [1.807, 2.05) is 55.6 Å². The number of hydrogen-bond donors (Lipinski definition) is 1. The van der Waals surface area contributed by atoms with E-state index >= 15 is 0 Å². The van der Waals surface area contributed by atoms with Gasteiger partial charge in [0.15, 0.2) is 11.5 Å². The molecule has 2 aliphatic rings. The van der Waals surface area contributed by atoms with E-state index in [-0.39, 0.29) is 18.7 Å². The van der Waals surface area contributed by atoms with Crippen molar-refractivity contribution in [3.8, 4) is 17.4 Å². The van der Waals surface area contributed by atoms with Crippen molar-refractivity contribution in [3.05, 3.63) is 88.1 Å². The van der Waals surface area contributed by atoms with Crippen LogP contribution in [-0.2, 0) is 17.8 Å². The maximum absolute atomic E-state index is 13.2. The zero-order chi connectivity index (χ0) is 29.1. The quantitative estimate of drug-likeness (QED) is 0.298. The molecule has 2 aromatic heterocycles. The maximum atomic E-state index is 13.2. The van der Waals surface area contributed by atoms with Gasteiger partial charge in [-0.15, -0.1) is 0 Å². The number of anilines is 1. The smallest absolute Gasteiger partial charge is 0.237 e. The van der Waals surface area contributed by atoms with E-state index in [2.05, 4.69) is 25.1 Å². The molecule has 1 saturated heterocycles. The van der Waals surface area contributed by atoms with E-state index in [9.17, 15) is 4.79 Å². The van der Waals surface area contributed by atoms with Crippen molar-refractivity contribution in [2.45, 2.75) is 32.4 Å². The Morgan fingerprint density at radius 3 is 2.71 bits per heavy atom. The maximum Gasteiger partial charge on any atom is 0.237 e. The van der Waals surface area contributed by atoms with Crippen molar-refractivity contribution < 1.29 is 14.3 Å². The van der Waals surface area contributed by atoms with Gasteiger partial charge in [-0.3, -0.25) is 14.3 Å². The van der Waals surface area contributed by atoms with Gasteiger partial charge < -0.3 is 19.7 Å². The number of ether oxygens (including phenoxy) is 2. The fourth-order valence-electron chi connectivity index (χ4n) is 5.30. The molecular weight excluding hydrogens is 577 g/mol. The molecule has 2 aromatic carbocycles. The predicted molar refractivity (Wildman–Crippen MR) is 161 cm³/mol. The number of hydrogen-bond acceptors (Lipinski definition) is 8. The van der Waals surface area contributed by atoms with E-state index in [0.29, 0.717) is 48.5 Å². The van der Waals surface area contributed by atoms with Crippen LogP contribution in [0, 0.1) is 6.92 Å². The highest BCUT2D eigenvalue weighted by Gasteiger charge is 2.30. The van der Waals surface area contributed by atoms with Crippen molar-refractivity contribution in [2.75, 3.05) is 37.9 Å². The number of nitrogens with one attached hydrogen (secondary N) is 1. The summed E-state index contributed by atoms with van der Waals surface area (Å²) < 4.78 is 12.7. The Morgan fingerprint density at radius 1 is 1.02 bits per heavy atom. The molecule has 4 heterocycles. The average Bonchev–Trinajstić information content (AvgIpc) is 3.68. The first-order valence-electron chi connectivity index (χ1n) is 13.8. The molecule has 0 saturated carbocycles. The molecule has 0 radical (unpaired) electrons. The molecule has 0 bridgehead atoms. The van der Waals surface area contributed by atoms with Crippen LogP contribution in [0.3, 0.4) is 0 Å². The minimum absolute atomic E-state index is 0.000274. The van der Waals surface area contributed by atoms with Crippen molar-refractivity contribution in [1.82, 2.24) is 29.7 Å². The SMILES string of the molecule is Cc1cc(N2CCN(Cc3ccc(Cl)c(Cl)c3)C(CC(=O)NCCc3ccc4c(c3)OCO4)C2)nc(-n2ccnc2)n1. The highest BCUT2D eigenvalue weighted by Crippen LogP contribution is 2.32. The fraction of sp³-hybridized carbons (Fsp3) is 0.333. The Bertz CT molecular complexity index is 1570. The Morgan fingerprint density at radius 2 is 1.88 bits per heavy atom. The number of aryl methyl sites for hydroxylation is 1. The van der Waals surface area contributed by atoms with Crippen LogP contribution in [0.4, 0.5) is 5.82 Å². The van der Waals surface area contributed by atoms with Crippen LogP contribution in [0.2, 0.25) is 10.0 Å². The number of halogens is 2. The van der Waals surface area contributed by atoms with Crippen molar-refractivity contribution in [1.29, 1.82) is 0 Å². The summed E-state index contributed by atoms with van der Waals surface area (Å²) in [5.41, 5.74) is 2.99. The van der Waals surface area contributed by atoms with E-state index in [1.54, 1.807) is 17.1 Å². The highest BCUT2D eigenvalue weighted by atomic mass is 35.5. The molecule has 1 amide bonds. The third-order valence-corrected chi connectivity index (χ3v) is 8.20. The molecule has 0 spiro atoms. The summed E-state index contributed by atoms with van der Waals surface area (Å²) >= 11 is 12.5. The number of carbonyl (C=O) groups is 1. The largest absolute Gasteiger partial charge is 0.454 e. The molecule has 1 atom stereocenters. The zero-order valence-electron chi connectivity index (χ0n) is 23.2. The summed E-state index contributed by atoms with van der Waals surface area (Å²) in [6, 6.07) is 13.5. The van der Waals surface area contributed by atoms with Gasteiger partial charge in [-0.2, -0.15) is 4.98 Å². The molecule has 2 aliphatic heterocycles. The Kier molecular flexibility index (Phi) is 8.46. The number of benzene rings is 2. The third-order valence-electron chi connectivity index (χ3n) is 7.46. The number of nitrogens with zero attached hydrogens (tertiary/aromatic N) is 6. The highest BCUT2D eigenvalue weighted by molar-refractivity contribution is 6.42. The molecule has 6 rings (SSSR count). The number of piperazine rings is 1. The average molecular weight is 609 g/mol. The molecular formula is C30H31Cl2N7O3. The topological polar surface area (TPSA) is 97.6 Å². The molecule has 0 aliphatic carbocycles. The zero-order valence-corrected chi connectivity index (χ0v) is 24.7. The minimum Gasteiger partial charge on any atom is -0.454 e. The standard InChI is InChI=1S/C30H31Cl2N7O3/c1-20-12-28(36-30(35-20)39-9-8-33-18-39)38-11-10-37(16-22-2-4-24(31)25(32)13-22)23(17-38)15-29(40)34-7-6-21-3-5-26-27(14-21)42-19-41-26/h2-5,8-9,12-14,18,23H,6-7,10-11,15-17,19H2,1H3,(H,34,40). The molecule has 42 heavy (non-hydrogen) atoms. The van der Waals surface area contributed by atoms with Gasteiger partial charge in [-0.05, 0) is 48.7 Å². The summed E-state index contributed by atoms with van der Waals surface area (Å²) in [7, 11) is 0. The summed E-state index contributed by atoms with van der Waals surface area (Å²) in [4.78, 5) is 31.3. The van der Waals surface area contributed by atoms with Crippen LogP contribution in [0.25, 0.3) is 5.95 Å². The molecule has 1 unspecified atom stereocenters. The van der Waals surface area contributed by atoms with E-state index < -0.39 is 0 Å². The van der Waals surface area contributed by atoms with Crippen LogP contribution >= 0.6 is 23.2 Å². The minimum atomic E-state index is -0.0503. The summed E-state index contributed by atoms with van der Waals surface area (Å²) in [5.74, 6) is 2.89. The second-order valence-corrected chi connectivity index (χ2v) is 11.3. The van der Waals surface area contributed by atoms with Crippen LogP contribution < -0.4 is 19.7 Å². The van der Waals surface area contributed by atoms with E-state index in [1.165, 1.54) is 0 Å². The van der Waals surface area contributed by atoms with Crippen LogP contribution in [-0.4, -0.2) is 69.3 Å². The van der Waals surface area contributed by atoms with Crippen LogP contribution in [0.15, 0.2) is 61.2 Å². The first kappa shape index (κ1) is 28.3. The van der Waals surface area contributed by atoms with Crippen molar-refractivity contribution in [3.63, 3.8) is 0 Å². The number of rotatable bonds is 9. The molecule has 10 nitrogen and oxygen atoms in total. The summed E-state index contributed by atoms with van der Waals surface area (Å²) in [5, 5.41) is 4.15. The summed E-state index contributed by atoms with van der Waals surface area (Å²) in [6.07, 6.45) is 6.25. The molecule has 4 aromatic rings. The van der Waals surface area contributed by atoms with Gasteiger partial charge in [0.05, 0.1) is 10.0 Å². The second kappa shape index (κ2) is 12.6. The molecule has 1 fully saturated rings. The normalized spacial score (nSPS) is 16.5. The Labute approximate surface area is 254 Å². The van der Waals surface area contributed by atoms with Crippen LogP contribution in [0.1, 0.15) is 23.2 Å². The lowest BCUT2D eigenvalue weighted by Crippen LogP contribution is -2.54. The molecule has 218 valence electrons. The van der Waals surface area contributed by atoms with Crippen LogP contribution in [0.5, 0.6) is 11.5 Å². The fourth-order valence-corrected chi connectivity index (χ4v) is 5.62. The van der Waals surface area contributed by atoms with E-state index in [0.717, 1.165) is 47.2 Å².